The number of halogens is 3. The van der Waals surface area contributed by atoms with E-state index in [2.05, 4.69) is 16.9 Å². The van der Waals surface area contributed by atoms with E-state index in [-0.39, 0.29) is 16.9 Å². The molecule has 1 saturated carbocycles. The first-order chi connectivity index (χ1) is 16.2. The van der Waals surface area contributed by atoms with Crippen LogP contribution in [0.3, 0.4) is 0 Å². The Morgan fingerprint density at radius 3 is 2.09 bits per heavy atom. The highest BCUT2D eigenvalue weighted by Crippen LogP contribution is 2.39. The van der Waals surface area contributed by atoms with Crippen LogP contribution in [0, 0.1) is 11.3 Å². The Hall–Kier alpha value is -3.09. The van der Waals surface area contributed by atoms with Gasteiger partial charge in [-0.3, -0.25) is 9.79 Å². The fourth-order valence-electron chi connectivity index (χ4n) is 4.29. The minimum atomic E-state index is -4.42. The Bertz CT molecular complexity index is 1120. The number of carbonyl (C=O) groups is 1. The number of aliphatic imine (C=N–C) groups is 1. The lowest BCUT2D eigenvalue weighted by molar-refractivity contribution is -0.137. The van der Waals surface area contributed by atoms with E-state index in [0.717, 1.165) is 30.8 Å². The van der Waals surface area contributed by atoms with Gasteiger partial charge in [-0.25, -0.2) is 0 Å². The van der Waals surface area contributed by atoms with Crippen LogP contribution in [0.5, 0.6) is 0 Å². The summed E-state index contributed by atoms with van der Waals surface area (Å²) in [5.74, 6) is 0.946. The number of hydrogen-bond donors (Lipinski definition) is 1. The Labute approximate surface area is 205 Å². The van der Waals surface area contributed by atoms with Crippen LogP contribution in [0.1, 0.15) is 63.4 Å². The highest BCUT2D eigenvalue weighted by atomic mass is 19.4. The van der Waals surface area contributed by atoms with Gasteiger partial charge in [-0.2, -0.15) is 13.2 Å². The molecule has 0 aromatic heterocycles. The van der Waals surface area contributed by atoms with Crippen LogP contribution < -0.4 is 10.2 Å². The minimum Gasteiger partial charge on any atom is -0.347 e. The normalized spacial score (nSPS) is 15.1. The third-order valence-corrected chi connectivity index (χ3v) is 6.33. The molecule has 0 aliphatic heterocycles. The molecule has 35 heavy (non-hydrogen) atoms. The molecule has 1 aliphatic carbocycles. The van der Waals surface area contributed by atoms with E-state index in [1.165, 1.54) is 12.1 Å². The molecule has 2 aromatic rings. The summed E-state index contributed by atoms with van der Waals surface area (Å²) in [4.78, 5) is 19.6. The van der Waals surface area contributed by atoms with Gasteiger partial charge in [-0.05, 0) is 74.1 Å². The van der Waals surface area contributed by atoms with E-state index in [4.69, 9.17) is 0 Å². The quantitative estimate of drug-likeness (QED) is 0.344. The average Bonchev–Trinajstić information content (AvgIpc) is 3.61. The van der Waals surface area contributed by atoms with Crippen LogP contribution in [0.15, 0.2) is 60.2 Å². The zero-order chi connectivity index (χ0) is 26.2. The Balaban J connectivity index is 2.11. The van der Waals surface area contributed by atoms with Gasteiger partial charge in [0.1, 0.15) is 5.84 Å². The van der Waals surface area contributed by atoms with Crippen molar-refractivity contribution in [2.24, 2.45) is 16.3 Å². The monoisotopic (exact) mass is 485 g/mol. The molecule has 0 unspecified atom stereocenters. The van der Waals surface area contributed by atoms with Gasteiger partial charge >= 0.3 is 6.18 Å². The van der Waals surface area contributed by atoms with Gasteiger partial charge in [0.05, 0.1) is 5.56 Å². The maximum absolute atomic E-state index is 13.3. The predicted octanol–water partition coefficient (Wildman–Crippen LogP) is 7.32. The van der Waals surface area contributed by atoms with Gasteiger partial charge in [0.15, 0.2) is 0 Å². The van der Waals surface area contributed by atoms with Gasteiger partial charge in [0.25, 0.3) is 5.91 Å². The summed E-state index contributed by atoms with van der Waals surface area (Å²) in [7, 11) is 1.70. The van der Waals surface area contributed by atoms with Crippen molar-refractivity contribution in [1.29, 1.82) is 0 Å². The molecule has 1 fully saturated rings. The largest absolute Gasteiger partial charge is 0.416 e. The smallest absolute Gasteiger partial charge is 0.347 e. The van der Waals surface area contributed by atoms with Gasteiger partial charge in [-0.15, -0.1) is 0 Å². The highest BCUT2D eigenvalue weighted by molar-refractivity contribution is 6.05. The standard InChI is InChI=1S/C28H34F3N3O/c1-8-34(25(32-7)26(2,3)4)23-16-19(18-9-11-22(12-10-18)28(29,30)31)15-20(17-23)24(35)33-27(5,6)21-13-14-21/h8-12,15-17,21H,1,13-14H2,2-7H3,(H,33,35). The Kier molecular flexibility index (Phi) is 7.21. The van der Waals surface area contributed by atoms with E-state index in [9.17, 15) is 18.0 Å². The van der Waals surface area contributed by atoms with Crippen molar-refractivity contribution in [3.63, 3.8) is 0 Å². The summed E-state index contributed by atoms with van der Waals surface area (Å²) in [5, 5.41) is 3.14. The lowest BCUT2D eigenvalue weighted by Gasteiger charge is -2.32. The first kappa shape index (κ1) is 26.5. The summed E-state index contributed by atoms with van der Waals surface area (Å²) >= 11 is 0. The van der Waals surface area contributed by atoms with E-state index in [0.29, 0.717) is 28.3 Å². The summed E-state index contributed by atoms with van der Waals surface area (Å²) in [6, 6.07) is 10.3. The average molecular weight is 486 g/mol. The number of carbonyl (C=O) groups excluding carboxylic acids is 1. The van der Waals surface area contributed by atoms with Crippen molar-refractivity contribution in [3.05, 3.63) is 66.4 Å². The van der Waals surface area contributed by atoms with Crippen LogP contribution >= 0.6 is 0 Å². The van der Waals surface area contributed by atoms with Gasteiger partial charge in [0, 0.05) is 35.5 Å². The molecule has 188 valence electrons. The van der Waals surface area contributed by atoms with Crippen molar-refractivity contribution in [2.45, 2.75) is 59.2 Å². The van der Waals surface area contributed by atoms with E-state index < -0.39 is 11.7 Å². The molecule has 0 radical (unpaired) electrons. The van der Waals surface area contributed by atoms with Crippen molar-refractivity contribution in [2.75, 3.05) is 11.9 Å². The number of anilines is 1. The summed E-state index contributed by atoms with van der Waals surface area (Å²) in [6.45, 7) is 14.1. The van der Waals surface area contributed by atoms with Crippen molar-refractivity contribution in [3.8, 4) is 11.1 Å². The number of nitrogens with one attached hydrogen (secondary N) is 1. The molecule has 7 heteroatoms. The molecule has 1 N–H and O–H groups in total. The van der Waals surface area contributed by atoms with Crippen LogP contribution in [0.4, 0.5) is 18.9 Å². The highest BCUT2D eigenvalue weighted by Gasteiger charge is 2.39. The first-order valence-corrected chi connectivity index (χ1v) is 11.7. The molecule has 1 aliphatic rings. The minimum absolute atomic E-state index is 0.230. The summed E-state index contributed by atoms with van der Waals surface area (Å²) in [5.41, 5.74) is 0.893. The SMILES string of the molecule is C=CN(C(=NC)C(C)(C)C)c1cc(C(=O)NC(C)(C)C2CC2)cc(-c2ccc(C(F)(F)F)cc2)c1. The topological polar surface area (TPSA) is 44.7 Å². The third-order valence-electron chi connectivity index (χ3n) is 6.33. The number of amidine groups is 1. The van der Waals surface area contributed by atoms with Crippen LogP contribution in [0.25, 0.3) is 11.1 Å². The molecule has 0 spiro atoms. The van der Waals surface area contributed by atoms with Crippen molar-refractivity contribution >= 4 is 17.4 Å². The number of benzene rings is 2. The Morgan fingerprint density at radius 1 is 1.03 bits per heavy atom. The van der Waals surface area contributed by atoms with Crippen LogP contribution in [-0.4, -0.2) is 24.3 Å². The number of amides is 1. The zero-order valence-corrected chi connectivity index (χ0v) is 21.3. The third kappa shape index (κ3) is 6.13. The van der Waals surface area contributed by atoms with E-state index >= 15 is 0 Å². The second kappa shape index (κ2) is 9.51. The molecule has 0 heterocycles. The van der Waals surface area contributed by atoms with Gasteiger partial charge < -0.3 is 10.2 Å². The molecule has 0 saturated heterocycles. The number of rotatable bonds is 6. The molecule has 1 amide bonds. The molecule has 2 aromatic carbocycles. The molecular formula is C28H34F3N3O. The van der Waals surface area contributed by atoms with E-state index in [1.54, 1.807) is 25.4 Å². The maximum atomic E-state index is 13.3. The lowest BCUT2D eigenvalue weighted by atomic mass is 9.92. The fraction of sp³-hybridized carbons (Fsp3) is 0.429. The number of alkyl halides is 3. The summed E-state index contributed by atoms with van der Waals surface area (Å²) < 4.78 is 39.3. The van der Waals surface area contributed by atoms with E-state index in [1.807, 2.05) is 45.6 Å². The molecular weight excluding hydrogens is 451 g/mol. The molecule has 3 rings (SSSR count). The van der Waals surface area contributed by atoms with Crippen LogP contribution in [-0.2, 0) is 6.18 Å². The summed E-state index contributed by atoms with van der Waals surface area (Å²) in [6.07, 6.45) is -0.625. The Morgan fingerprint density at radius 2 is 1.63 bits per heavy atom. The fourth-order valence-corrected chi connectivity index (χ4v) is 4.29. The predicted molar refractivity (Wildman–Crippen MR) is 137 cm³/mol. The van der Waals surface area contributed by atoms with Crippen LogP contribution in [0.2, 0.25) is 0 Å². The number of nitrogens with zero attached hydrogens (tertiary/aromatic N) is 2. The number of hydrogen-bond acceptors (Lipinski definition) is 2. The molecule has 4 nitrogen and oxygen atoms in total. The molecule has 0 bridgehead atoms. The first-order valence-electron chi connectivity index (χ1n) is 11.7. The molecule has 0 atom stereocenters. The maximum Gasteiger partial charge on any atom is 0.416 e. The second-order valence-electron chi connectivity index (χ2n) is 10.6. The zero-order valence-electron chi connectivity index (χ0n) is 21.3. The van der Waals surface area contributed by atoms with Crippen molar-refractivity contribution in [1.82, 2.24) is 5.32 Å². The lowest BCUT2D eigenvalue weighted by Crippen LogP contribution is -2.45. The van der Waals surface area contributed by atoms with Gasteiger partial charge in [-0.1, -0.05) is 39.5 Å². The second-order valence-corrected chi connectivity index (χ2v) is 10.6. The van der Waals surface area contributed by atoms with Gasteiger partial charge in [0.2, 0.25) is 0 Å². The van der Waals surface area contributed by atoms with Crippen molar-refractivity contribution < 1.29 is 18.0 Å².